The summed E-state index contributed by atoms with van der Waals surface area (Å²) in [6.07, 6.45) is 3.30. The molecule has 0 radical (unpaired) electrons. The summed E-state index contributed by atoms with van der Waals surface area (Å²) in [5.41, 5.74) is 2.19. The van der Waals surface area contributed by atoms with Gasteiger partial charge in [0.15, 0.2) is 0 Å². The van der Waals surface area contributed by atoms with Gasteiger partial charge in [0.05, 0.1) is 0 Å². The highest BCUT2D eigenvalue weighted by Gasteiger charge is 2.12. The third kappa shape index (κ3) is 3.15. The minimum absolute atomic E-state index is 0.202. The number of hydrogen-bond acceptors (Lipinski definition) is 3. The van der Waals surface area contributed by atoms with E-state index in [1.165, 1.54) is 5.56 Å². The van der Waals surface area contributed by atoms with Crippen molar-refractivity contribution in [3.8, 4) is 5.75 Å². The number of hydrogen-bond donors (Lipinski definition) is 1. The van der Waals surface area contributed by atoms with Crippen LogP contribution in [0.15, 0.2) is 24.4 Å². The largest absolute Gasteiger partial charge is 0.426 e. The molecule has 0 aliphatic heterocycles. The van der Waals surface area contributed by atoms with Gasteiger partial charge in [-0.2, -0.15) is 0 Å². The summed E-state index contributed by atoms with van der Waals surface area (Å²) < 4.78 is 5.41. The van der Waals surface area contributed by atoms with Crippen molar-refractivity contribution in [1.82, 2.24) is 9.88 Å². The normalized spacial score (nSPS) is 11.2. The molecule has 1 heterocycles. The van der Waals surface area contributed by atoms with E-state index in [0.29, 0.717) is 12.2 Å². The minimum Gasteiger partial charge on any atom is -0.426 e. The maximum Gasteiger partial charge on any atom is 0.310 e. The van der Waals surface area contributed by atoms with Crippen LogP contribution in [0.4, 0.5) is 0 Å². The van der Waals surface area contributed by atoms with Gasteiger partial charge in [0.2, 0.25) is 0 Å². The van der Waals surface area contributed by atoms with Crippen LogP contribution in [-0.2, 0) is 11.2 Å². The summed E-state index contributed by atoms with van der Waals surface area (Å²) in [5.74, 6) is 0.451. The van der Waals surface area contributed by atoms with Crippen molar-refractivity contribution in [2.24, 2.45) is 0 Å². The fraction of sp³-hybridized carbons (Fsp3) is 0.400. The number of benzene rings is 1. The van der Waals surface area contributed by atoms with Crippen LogP contribution in [0, 0.1) is 0 Å². The second-order valence-electron chi connectivity index (χ2n) is 4.87. The Hall–Kier alpha value is -1.81. The van der Waals surface area contributed by atoms with E-state index in [9.17, 15) is 4.79 Å². The number of aromatic nitrogens is 1. The highest BCUT2D eigenvalue weighted by molar-refractivity contribution is 5.91. The highest BCUT2D eigenvalue weighted by Crippen LogP contribution is 2.29. The molecular weight excluding hydrogens is 240 g/mol. The first-order valence-corrected chi connectivity index (χ1v) is 6.56. The SMILES string of the molecule is CCC(=O)Oc1cccc2[nH]cc(CCN(C)C)c12. The molecule has 0 aliphatic carbocycles. The van der Waals surface area contributed by atoms with Crippen LogP contribution in [0.2, 0.25) is 0 Å². The first kappa shape index (κ1) is 13.6. The van der Waals surface area contributed by atoms with E-state index in [-0.39, 0.29) is 5.97 Å². The fourth-order valence-corrected chi connectivity index (χ4v) is 2.04. The van der Waals surface area contributed by atoms with Crippen molar-refractivity contribution < 1.29 is 9.53 Å². The number of nitrogens with zero attached hydrogens (tertiary/aromatic N) is 1. The molecule has 4 nitrogen and oxygen atoms in total. The number of carbonyl (C=O) groups is 1. The fourth-order valence-electron chi connectivity index (χ4n) is 2.04. The number of carbonyl (C=O) groups excluding carboxylic acids is 1. The maximum absolute atomic E-state index is 11.5. The standard InChI is InChI=1S/C15H20N2O2/c1-4-14(18)19-13-7-5-6-12-15(13)11(10-16-12)8-9-17(2)3/h5-7,10,16H,4,8-9H2,1-3H3. The molecule has 0 spiro atoms. The number of aromatic amines is 1. The van der Waals surface area contributed by atoms with E-state index in [1.807, 2.05) is 38.5 Å². The second-order valence-corrected chi connectivity index (χ2v) is 4.87. The Bertz CT molecular complexity index is 573. The molecule has 0 bridgehead atoms. The number of fused-ring (bicyclic) bond motifs is 1. The first-order chi connectivity index (χ1) is 9.11. The van der Waals surface area contributed by atoms with Gasteiger partial charge in [0.1, 0.15) is 5.75 Å². The van der Waals surface area contributed by atoms with Crippen LogP contribution in [0.25, 0.3) is 10.9 Å². The molecule has 0 unspecified atom stereocenters. The number of nitrogens with one attached hydrogen (secondary N) is 1. The molecule has 1 aromatic heterocycles. The quantitative estimate of drug-likeness (QED) is 0.664. The molecular formula is C15H20N2O2. The van der Waals surface area contributed by atoms with Gasteiger partial charge in [-0.1, -0.05) is 13.0 Å². The average molecular weight is 260 g/mol. The molecule has 1 aromatic carbocycles. The zero-order valence-corrected chi connectivity index (χ0v) is 11.7. The molecule has 0 aliphatic rings. The molecule has 0 saturated carbocycles. The molecule has 0 amide bonds. The zero-order valence-electron chi connectivity index (χ0n) is 11.7. The van der Waals surface area contributed by atoms with Gasteiger partial charge in [-0.15, -0.1) is 0 Å². The van der Waals surface area contributed by atoms with Crippen LogP contribution in [0.1, 0.15) is 18.9 Å². The van der Waals surface area contributed by atoms with Crippen molar-refractivity contribution in [1.29, 1.82) is 0 Å². The predicted octanol–water partition coefficient (Wildman–Crippen LogP) is 2.59. The Morgan fingerprint density at radius 3 is 2.84 bits per heavy atom. The third-order valence-electron chi connectivity index (χ3n) is 3.09. The molecule has 102 valence electrons. The maximum atomic E-state index is 11.5. The Balaban J connectivity index is 2.34. The number of ether oxygens (including phenoxy) is 1. The summed E-state index contributed by atoms with van der Waals surface area (Å²) in [6.45, 7) is 2.76. The van der Waals surface area contributed by atoms with Crippen molar-refractivity contribution in [3.05, 3.63) is 30.0 Å². The lowest BCUT2D eigenvalue weighted by Crippen LogP contribution is -2.15. The van der Waals surface area contributed by atoms with Crippen molar-refractivity contribution in [3.63, 3.8) is 0 Å². The van der Waals surface area contributed by atoms with Crippen LogP contribution in [0.3, 0.4) is 0 Å². The van der Waals surface area contributed by atoms with Gasteiger partial charge in [-0.05, 0) is 38.2 Å². The number of H-pyrrole nitrogens is 1. The van der Waals surface area contributed by atoms with Gasteiger partial charge in [0, 0.05) is 30.1 Å². The van der Waals surface area contributed by atoms with E-state index in [1.54, 1.807) is 6.92 Å². The molecule has 0 fully saturated rings. The van der Waals surface area contributed by atoms with Gasteiger partial charge >= 0.3 is 5.97 Å². The zero-order chi connectivity index (χ0) is 13.8. The van der Waals surface area contributed by atoms with Gasteiger partial charge in [-0.25, -0.2) is 0 Å². The Labute approximate surface area is 113 Å². The smallest absolute Gasteiger partial charge is 0.310 e. The third-order valence-corrected chi connectivity index (χ3v) is 3.09. The molecule has 1 N–H and O–H groups in total. The van der Waals surface area contributed by atoms with Crippen molar-refractivity contribution in [2.45, 2.75) is 19.8 Å². The highest BCUT2D eigenvalue weighted by atomic mass is 16.5. The lowest BCUT2D eigenvalue weighted by Gasteiger charge is -2.10. The molecule has 2 rings (SSSR count). The summed E-state index contributed by atoms with van der Waals surface area (Å²) in [4.78, 5) is 16.9. The van der Waals surface area contributed by atoms with Crippen LogP contribution >= 0.6 is 0 Å². The summed E-state index contributed by atoms with van der Waals surface area (Å²) in [5, 5.41) is 1.02. The minimum atomic E-state index is -0.202. The predicted molar refractivity (Wildman–Crippen MR) is 76.5 cm³/mol. The van der Waals surface area contributed by atoms with E-state index >= 15 is 0 Å². The lowest BCUT2D eigenvalue weighted by atomic mass is 10.1. The van der Waals surface area contributed by atoms with Gasteiger partial charge < -0.3 is 14.6 Å². The summed E-state index contributed by atoms with van der Waals surface area (Å²) in [6, 6.07) is 5.74. The van der Waals surface area contributed by atoms with E-state index in [0.717, 1.165) is 23.9 Å². The summed E-state index contributed by atoms with van der Waals surface area (Å²) >= 11 is 0. The summed E-state index contributed by atoms with van der Waals surface area (Å²) in [7, 11) is 4.10. The molecule has 0 atom stereocenters. The second kappa shape index (κ2) is 5.89. The Morgan fingerprint density at radius 2 is 2.16 bits per heavy atom. The van der Waals surface area contributed by atoms with Crippen molar-refractivity contribution >= 4 is 16.9 Å². The van der Waals surface area contributed by atoms with Gasteiger partial charge in [-0.3, -0.25) is 4.79 Å². The monoisotopic (exact) mass is 260 g/mol. The number of likely N-dealkylation sites (N-methyl/N-ethyl adjacent to an activating group) is 1. The van der Waals surface area contributed by atoms with Crippen LogP contribution in [0.5, 0.6) is 5.75 Å². The van der Waals surface area contributed by atoms with E-state index in [2.05, 4.69) is 9.88 Å². The topological polar surface area (TPSA) is 45.3 Å². The van der Waals surface area contributed by atoms with E-state index < -0.39 is 0 Å². The van der Waals surface area contributed by atoms with E-state index in [4.69, 9.17) is 4.74 Å². The number of rotatable bonds is 5. The van der Waals surface area contributed by atoms with Crippen LogP contribution < -0.4 is 4.74 Å². The van der Waals surface area contributed by atoms with Gasteiger partial charge in [0.25, 0.3) is 0 Å². The Morgan fingerprint density at radius 1 is 1.37 bits per heavy atom. The first-order valence-electron chi connectivity index (χ1n) is 6.56. The lowest BCUT2D eigenvalue weighted by molar-refractivity contribution is -0.133. The molecule has 2 aromatic rings. The average Bonchev–Trinajstić information content (AvgIpc) is 2.80. The Kier molecular flexibility index (Phi) is 4.22. The number of esters is 1. The molecule has 0 saturated heterocycles. The van der Waals surface area contributed by atoms with Crippen LogP contribution in [-0.4, -0.2) is 36.5 Å². The molecule has 19 heavy (non-hydrogen) atoms. The molecule has 4 heteroatoms. The van der Waals surface area contributed by atoms with Crippen molar-refractivity contribution in [2.75, 3.05) is 20.6 Å².